The van der Waals surface area contributed by atoms with Gasteiger partial charge in [-0.15, -0.1) is 0 Å². The lowest BCUT2D eigenvalue weighted by Gasteiger charge is -2.06. The number of nitrogens with zero attached hydrogens (tertiary/aromatic N) is 1. The molecule has 0 heterocycles. The average molecular weight is 473 g/mol. The zero-order valence-corrected chi connectivity index (χ0v) is 18.7. The highest BCUT2D eigenvalue weighted by Crippen LogP contribution is 2.28. The Morgan fingerprint density at radius 1 is 0.829 bits per heavy atom. The number of benzene rings is 4. The highest BCUT2D eigenvalue weighted by molar-refractivity contribution is 5.95. The molecule has 10 N–H and O–H groups in total. The normalized spacial score (nSPS) is 10.4. The van der Waals surface area contributed by atoms with Crippen molar-refractivity contribution in [2.75, 3.05) is 22.9 Å². The maximum absolute atomic E-state index is 13.0. The summed E-state index contributed by atoms with van der Waals surface area (Å²) in [6, 6.07) is 22.3. The van der Waals surface area contributed by atoms with Crippen molar-refractivity contribution < 1.29 is 14.3 Å². The Bertz CT molecular complexity index is 1360. The maximum Gasteiger partial charge on any atom is 0.271 e. The highest BCUT2D eigenvalue weighted by atomic mass is 19.1. The standard InChI is InChI=1S/C14H14N4O2.C12H11FN2/c15-11-3-6-13(16)10(7-11)8-17-18-14(20)9-1-4-12(19)5-2-9;13-9-3-1-2-8(6-9)11-7-10(14)4-5-12(11)15/h1-8,19H,15-16H2,(H,18,20);1-7H,14-15H2. The minimum absolute atomic E-state index is 0.0950. The minimum atomic E-state index is -0.385. The van der Waals surface area contributed by atoms with E-state index in [-0.39, 0.29) is 17.5 Å². The van der Waals surface area contributed by atoms with Crippen molar-refractivity contribution in [3.8, 4) is 16.9 Å². The van der Waals surface area contributed by atoms with Gasteiger partial charge in [-0.25, -0.2) is 9.82 Å². The molecule has 0 unspecified atom stereocenters. The number of hydrogen-bond donors (Lipinski definition) is 6. The van der Waals surface area contributed by atoms with Crippen LogP contribution >= 0.6 is 0 Å². The minimum Gasteiger partial charge on any atom is -0.508 e. The second-order valence-corrected chi connectivity index (χ2v) is 7.49. The van der Waals surface area contributed by atoms with Crippen LogP contribution in [-0.4, -0.2) is 17.2 Å². The first kappa shape index (κ1) is 24.6. The fourth-order valence-electron chi connectivity index (χ4n) is 3.02. The van der Waals surface area contributed by atoms with Gasteiger partial charge in [0.2, 0.25) is 0 Å². The van der Waals surface area contributed by atoms with E-state index in [1.807, 2.05) is 0 Å². The largest absolute Gasteiger partial charge is 0.508 e. The number of hydrogen-bond acceptors (Lipinski definition) is 7. The molecule has 0 saturated carbocycles. The van der Waals surface area contributed by atoms with Gasteiger partial charge >= 0.3 is 0 Å². The molecule has 35 heavy (non-hydrogen) atoms. The van der Waals surface area contributed by atoms with Crippen LogP contribution in [0, 0.1) is 5.82 Å². The van der Waals surface area contributed by atoms with E-state index in [0.29, 0.717) is 33.9 Å². The quantitative estimate of drug-likeness (QED) is 0.149. The molecule has 4 aromatic carbocycles. The summed E-state index contributed by atoms with van der Waals surface area (Å²) in [5, 5.41) is 13.0. The number of rotatable bonds is 4. The van der Waals surface area contributed by atoms with Crippen LogP contribution in [0.4, 0.5) is 27.1 Å². The number of carbonyl (C=O) groups excluding carboxylic acids is 1. The van der Waals surface area contributed by atoms with Gasteiger partial charge in [-0.2, -0.15) is 5.10 Å². The van der Waals surface area contributed by atoms with Gasteiger partial charge in [-0.3, -0.25) is 4.79 Å². The van der Waals surface area contributed by atoms with E-state index in [0.717, 1.165) is 11.1 Å². The number of hydrazone groups is 1. The van der Waals surface area contributed by atoms with Crippen LogP contribution in [0.1, 0.15) is 15.9 Å². The van der Waals surface area contributed by atoms with Gasteiger partial charge in [-0.1, -0.05) is 12.1 Å². The van der Waals surface area contributed by atoms with E-state index < -0.39 is 0 Å². The van der Waals surface area contributed by atoms with Gasteiger partial charge in [0.25, 0.3) is 5.91 Å². The number of nitrogens with two attached hydrogens (primary N) is 4. The maximum atomic E-state index is 13.0. The molecule has 0 bridgehead atoms. The first-order valence-electron chi connectivity index (χ1n) is 10.4. The molecule has 178 valence electrons. The lowest BCUT2D eigenvalue weighted by atomic mass is 10.0. The number of anilines is 4. The smallest absolute Gasteiger partial charge is 0.271 e. The number of phenolic OH excluding ortho intramolecular Hbond substituents is 1. The fourth-order valence-corrected chi connectivity index (χ4v) is 3.02. The summed E-state index contributed by atoms with van der Waals surface area (Å²) in [5.41, 5.74) is 30.0. The molecule has 8 nitrogen and oxygen atoms in total. The third-order valence-electron chi connectivity index (χ3n) is 4.82. The molecule has 9 heteroatoms. The van der Waals surface area contributed by atoms with Crippen LogP contribution in [-0.2, 0) is 0 Å². The van der Waals surface area contributed by atoms with Crippen LogP contribution in [0.5, 0.6) is 5.75 Å². The summed E-state index contributed by atoms with van der Waals surface area (Å²) >= 11 is 0. The predicted molar refractivity (Wildman–Crippen MR) is 139 cm³/mol. The number of carbonyl (C=O) groups is 1. The van der Waals surface area contributed by atoms with E-state index in [4.69, 9.17) is 28.0 Å². The second kappa shape index (κ2) is 11.2. The van der Waals surface area contributed by atoms with Crippen molar-refractivity contribution in [2.45, 2.75) is 0 Å². The number of aromatic hydroxyl groups is 1. The van der Waals surface area contributed by atoms with Crippen LogP contribution < -0.4 is 28.4 Å². The molecule has 0 aliphatic rings. The number of nitrogens with one attached hydrogen (secondary N) is 1. The number of nitrogen functional groups attached to an aromatic ring is 4. The Morgan fingerprint density at radius 3 is 2.17 bits per heavy atom. The van der Waals surface area contributed by atoms with E-state index in [1.54, 1.807) is 48.5 Å². The third-order valence-corrected chi connectivity index (χ3v) is 4.82. The van der Waals surface area contributed by atoms with Crippen molar-refractivity contribution in [1.82, 2.24) is 5.43 Å². The second-order valence-electron chi connectivity index (χ2n) is 7.49. The highest BCUT2D eigenvalue weighted by Gasteiger charge is 2.05. The Labute approximate surface area is 201 Å². The summed E-state index contributed by atoms with van der Waals surface area (Å²) in [6.07, 6.45) is 1.42. The molecule has 0 fully saturated rings. The van der Waals surface area contributed by atoms with Crippen molar-refractivity contribution in [3.63, 3.8) is 0 Å². The van der Waals surface area contributed by atoms with Crippen LogP contribution in [0.2, 0.25) is 0 Å². The third kappa shape index (κ3) is 6.96. The molecule has 4 rings (SSSR count). The van der Waals surface area contributed by atoms with Gasteiger partial charge in [-0.05, 0) is 78.4 Å². The Morgan fingerprint density at radius 2 is 1.49 bits per heavy atom. The van der Waals surface area contributed by atoms with E-state index in [9.17, 15) is 9.18 Å². The molecule has 0 aromatic heterocycles. The van der Waals surface area contributed by atoms with Gasteiger partial charge in [0, 0.05) is 39.4 Å². The SMILES string of the molecule is Nc1ccc(N)c(-c2cccc(F)c2)c1.Nc1ccc(N)c(C=NNC(=O)c2ccc(O)cc2)c1. The lowest BCUT2D eigenvalue weighted by molar-refractivity contribution is 0.0955. The molecular formula is C26H25FN6O2. The summed E-state index contributed by atoms with van der Waals surface area (Å²) in [4.78, 5) is 11.7. The number of halogens is 1. The summed E-state index contributed by atoms with van der Waals surface area (Å²) in [6.45, 7) is 0. The average Bonchev–Trinajstić information content (AvgIpc) is 2.83. The van der Waals surface area contributed by atoms with Crippen molar-refractivity contribution in [3.05, 3.63) is 102 Å². The number of amides is 1. The van der Waals surface area contributed by atoms with Gasteiger partial charge in [0.15, 0.2) is 0 Å². The topological polar surface area (TPSA) is 166 Å². The molecular weight excluding hydrogens is 447 g/mol. The lowest BCUT2D eigenvalue weighted by Crippen LogP contribution is -2.17. The van der Waals surface area contributed by atoms with Crippen molar-refractivity contribution in [1.29, 1.82) is 0 Å². The zero-order chi connectivity index (χ0) is 25.4. The molecule has 0 aliphatic carbocycles. The number of phenols is 1. The van der Waals surface area contributed by atoms with Crippen molar-refractivity contribution >= 4 is 34.9 Å². The molecule has 0 aliphatic heterocycles. The predicted octanol–water partition coefficient (Wildman–Crippen LogP) is 3.98. The molecule has 0 atom stereocenters. The zero-order valence-electron chi connectivity index (χ0n) is 18.7. The van der Waals surface area contributed by atoms with E-state index >= 15 is 0 Å². The monoisotopic (exact) mass is 472 g/mol. The molecule has 0 radical (unpaired) electrons. The first-order valence-corrected chi connectivity index (χ1v) is 10.4. The molecule has 1 amide bonds. The summed E-state index contributed by atoms with van der Waals surface area (Å²) < 4.78 is 13.0. The van der Waals surface area contributed by atoms with E-state index in [1.165, 1.54) is 42.6 Å². The van der Waals surface area contributed by atoms with Crippen LogP contribution in [0.3, 0.4) is 0 Å². The molecule has 0 spiro atoms. The first-order chi connectivity index (χ1) is 16.7. The van der Waals surface area contributed by atoms with Gasteiger partial charge in [0.05, 0.1) is 6.21 Å². The summed E-state index contributed by atoms with van der Waals surface area (Å²) in [5.74, 6) is -0.573. The van der Waals surface area contributed by atoms with Gasteiger partial charge in [0.1, 0.15) is 11.6 Å². The molecule has 4 aromatic rings. The van der Waals surface area contributed by atoms with Crippen LogP contribution in [0.25, 0.3) is 11.1 Å². The summed E-state index contributed by atoms with van der Waals surface area (Å²) in [7, 11) is 0. The Kier molecular flexibility index (Phi) is 7.86. The van der Waals surface area contributed by atoms with Crippen LogP contribution in [0.15, 0.2) is 90.0 Å². The van der Waals surface area contributed by atoms with Crippen molar-refractivity contribution in [2.24, 2.45) is 5.10 Å². The fraction of sp³-hybridized carbons (Fsp3) is 0. The van der Waals surface area contributed by atoms with Gasteiger partial charge < -0.3 is 28.0 Å². The molecule has 0 saturated heterocycles. The Balaban J connectivity index is 0.000000203. The van der Waals surface area contributed by atoms with E-state index in [2.05, 4.69) is 10.5 Å². The Hall–Kier alpha value is -5.05.